The van der Waals surface area contributed by atoms with Crippen molar-refractivity contribution in [2.24, 2.45) is 0 Å². The van der Waals surface area contributed by atoms with Gasteiger partial charge in [0.1, 0.15) is 5.75 Å². The van der Waals surface area contributed by atoms with E-state index in [0.29, 0.717) is 70.9 Å². The maximum absolute atomic E-state index is 14.2. The quantitative estimate of drug-likeness (QED) is 0.0134. The molecule has 8 heteroatoms. The Morgan fingerprint density at radius 3 is 1.20 bits per heavy atom. The van der Waals surface area contributed by atoms with Crippen molar-refractivity contribution in [2.45, 2.75) is 175 Å². The number of anilines is 2. The molecule has 4 N–H and O–H groups in total. The Labute approximate surface area is 421 Å². The maximum Gasteiger partial charge on any atom is 0.343 e. The van der Waals surface area contributed by atoms with Crippen LogP contribution in [0.25, 0.3) is 22.3 Å². The highest BCUT2D eigenvalue weighted by atomic mass is 16.5. The van der Waals surface area contributed by atoms with Crippen LogP contribution in [-0.4, -0.2) is 31.6 Å². The van der Waals surface area contributed by atoms with Crippen LogP contribution in [0.4, 0.5) is 11.4 Å². The van der Waals surface area contributed by atoms with Gasteiger partial charge < -0.3 is 30.4 Å². The van der Waals surface area contributed by atoms with Crippen molar-refractivity contribution in [3.8, 4) is 45.3 Å². The molecule has 0 aliphatic rings. The molecule has 0 amide bonds. The van der Waals surface area contributed by atoms with Gasteiger partial charge in [-0.3, -0.25) is 4.79 Å². The Balaban J connectivity index is 1.33. The van der Waals surface area contributed by atoms with Crippen LogP contribution in [0.3, 0.4) is 0 Å². The summed E-state index contributed by atoms with van der Waals surface area (Å²) in [6, 6.07) is 31.2. The Hall–Kier alpha value is -5.76. The molecule has 0 saturated carbocycles. The van der Waals surface area contributed by atoms with E-state index in [9.17, 15) is 9.59 Å². The largest absolute Gasteiger partial charge is 0.490 e. The smallest absolute Gasteiger partial charge is 0.343 e. The van der Waals surface area contributed by atoms with Crippen LogP contribution in [0.5, 0.6) is 23.0 Å². The van der Waals surface area contributed by atoms with Gasteiger partial charge >= 0.3 is 5.97 Å². The highest BCUT2D eigenvalue weighted by molar-refractivity contribution is 6.10. The predicted octanol–water partition coefficient (Wildman–Crippen LogP) is 17.2. The third kappa shape index (κ3) is 19.6. The lowest BCUT2D eigenvalue weighted by Crippen LogP contribution is -2.12. The second kappa shape index (κ2) is 32.2. The molecule has 0 bridgehead atoms. The standard InChI is InChI=1S/C62H84N2O6/c1-4-7-10-13-16-19-22-25-38-67-58-46-54(47-59(68-39-26-23-20-17-14-11-8-5-2)61(58)69-40-27-24-21-18-15-12-9-6-3)62(66)70-57-36-34-48(35-37-57)60(65)53-42-51(49-30-28-32-55(63)44-49)41-52(43-53)50-31-29-33-56(64)45-50/h28-37,41-47H,4-27,38-40,63-64H2,1-3H3. The highest BCUT2D eigenvalue weighted by Gasteiger charge is 2.21. The molecule has 0 atom stereocenters. The average Bonchev–Trinajstić information content (AvgIpc) is 3.37. The summed E-state index contributed by atoms with van der Waals surface area (Å²) in [4.78, 5) is 28.3. The molecule has 5 aromatic rings. The number of benzene rings is 5. The van der Waals surface area contributed by atoms with Crippen molar-refractivity contribution in [2.75, 3.05) is 31.3 Å². The third-order valence-corrected chi connectivity index (χ3v) is 13.0. The van der Waals surface area contributed by atoms with Crippen molar-refractivity contribution in [1.82, 2.24) is 0 Å². The van der Waals surface area contributed by atoms with Gasteiger partial charge in [-0.15, -0.1) is 0 Å². The van der Waals surface area contributed by atoms with Crippen molar-refractivity contribution >= 4 is 23.1 Å². The number of unbranched alkanes of at least 4 members (excludes halogenated alkanes) is 21. The third-order valence-electron chi connectivity index (χ3n) is 13.0. The molecule has 70 heavy (non-hydrogen) atoms. The predicted molar refractivity (Wildman–Crippen MR) is 292 cm³/mol. The van der Waals surface area contributed by atoms with E-state index < -0.39 is 5.97 Å². The van der Waals surface area contributed by atoms with Gasteiger partial charge in [-0.05, 0) is 120 Å². The van der Waals surface area contributed by atoms with E-state index in [1.807, 2.05) is 66.7 Å². The Bertz CT molecular complexity index is 2180. The number of esters is 1. The monoisotopic (exact) mass is 953 g/mol. The molecule has 0 fully saturated rings. The van der Waals surface area contributed by atoms with Crippen molar-refractivity contribution in [3.05, 3.63) is 120 Å². The van der Waals surface area contributed by atoms with E-state index in [4.69, 9.17) is 30.4 Å². The minimum atomic E-state index is -0.552. The first-order chi connectivity index (χ1) is 34.3. The van der Waals surface area contributed by atoms with E-state index >= 15 is 0 Å². The van der Waals surface area contributed by atoms with Crippen LogP contribution in [0, 0.1) is 0 Å². The lowest BCUT2D eigenvalue weighted by Gasteiger charge is -2.19. The van der Waals surface area contributed by atoms with Gasteiger partial charge in [-0.25, -0.2) is 4.79 Å². The zero-order valence-electron chi connectivity index (χ0n) is 43.0. The molecule has 5 rings (SSSR count). The fraction of sp³-hybridized carbons (Fsp3) is 0.484. The van der Waals surface area contributed by atoms with E-state index in [0.717, 1.165) is 60.8 Å². The molecular weight excluding hydrogens is 869 g/mol. The van der Waals surface area contributed by atoms with Gasteiger partial charge in [-0.1, -0.05) is 180 Å². The molecule has 0 aliphatic heterocycles. The van der Waals surface area contributed by atoms with E-state index in [1.165, 1.54) is 116 Å². The van der Waals surface area contributed by atoms with Gasteiger partial charge in [0.2, 0.25) is 5.75 Å². The van der Waals surface area contributed by atoms with E-state index in [-0.39, 0.29) is 5.78 Å². The molecule has 8 nitrogen and oxygen atoms in total. The molecule has 0 unspecified atom stereocenters. The number of carbonyl (C=O) groups excluding carboxylic acids is 2. The highest BCUT2D eigenvalue weighted by Crippen LogP contribution is 2.40. The zero-order chi connectivity index (χ0) is 49.6. The van der Waals surface area contributed by atoms with E-state index in [2.05, 4.69) is 20.8 Å². The number of ketones is 1. The lowest BCUT2D eigenvalue weighted by atomic mass is 9.92. The molecule has 0 radical (unpaired) electrons. The number of nitrogens with two attached hydrogens (primary N) is 2. The topological polar surface area (TPSA) is 123 Å². The Kier molecular flexibility index (Phi) is 25.4. The van der Waals surface area contributed by atoms with Gasteiger partial charge in [0.05, 0.1) is 25.4 Å². The number of ether oxygens (including phenoxy) is 4. The number of hydrogen-bond donors (Lipinski definition) is 2. The summed E-state index contributed by atoms with van der Waals surface area (Å²) in [6.45, 7) is 8.31. The lowest BCUT2D eigenvalue weighted by molar-refractivity contribution is 0.0733. The summed E-state index contributed by atoms with van der Waals surface area (Å²) in [6.07, 6.45) is 28.7. The molecule has 0 spiro atoms. The first-order valence-corrected chi connectivity index (χ1v) is 27.1. The van der Waals surface area contributed by atoms with Crippen LogP contribution in [0.1, 0.15) is 201 Å². The number of carbonyl (C=O) groups is 2. The summed E-state index contributed by atoms with van der Waals surface area (Å²) < 4.78 is 25.5. The van der Waals surface area contributed by atoms with Crippen LogP contribution in [-0.2, 0) is 0 Å². The van der Waals surface area contributed by atoms with Gasteiger partial charge in [-0.2, -0.15) is 0 Å². The molecular formula is C62H84N2O6. The molecule has 0 saturated heterocycles. The van der Waals surface area contributed by atoms with Crippen LogP contribution >= 0.6 is 0 Å². The van der Waals surface area contributed by atoms with Gasteiger partial charge in [0, 0.05) is 22.5 Å². The summed E-state index contributed by atoms with van der Waals surface area (Å²) in [5.74, 6) is 1.15. The first kappa shape index (κ1) is 55.2. The summed E-state index contributed by atoms with van der Waals surface area (Å²) in [5.41, 5.74) is 18.4. The SMILES string of the molecule is CCCCCCCCCCOc1cc(C(=O)Oc2ccc(C(=O)c3cc(-c4cccc(N)c4)cc(-c4cccc(N)c4)c3)cc2)cc(OCCCCCCCCCC)c1OCCCCCCCCCC. The van der Waals surface area contributed by atoms with Crippen molar-refractivity contribution < 1.29 is 28.5 Å². The molecule has 378 valence electrons. The molecule has 0 aromatic heterocycles. The minimum absolute atomic E-state index is 0.173. The molecule has 5 aromatic carbocycles. The first-order valence-electron chi connectivity index (χ1n) is 27.1. The Morgan fingerprint density at radius 2 is 0.786 bits per heavy atom. The van der Waals surface area contributed by atoms with Crippen molar-refractivity contribution in [1.29, 1.82) is 0 Å². The van der Waals surface area contributed by atoms with Gasteiger partial charge in [0.15, 0.2) is 17.3 Å². The van der Waals surface area contributed by atoms with Crippen LogP contribution < -0.4 is 30.4 Å². The fourth-order valence-electron chi connectivity index (χ4n) is 8.83. The number of nitrogen functional groups attached to an aromatic ring is 2. The molecule has 0 aliphatic carbocycles. The summed E-state index contributed by atoms with van der Waals surface area (Å²) >= 11 is 0. The fourth-order valence-corrected chi connectivity index (χ4v) is 8.83. The Morgan fingerprint density at radius 1 is 0.386 bits per heavy atom. The summed E-state index contributed by atoms with van der Waals surface area (Å²) in [7, 11) is 0. The van der Waals surface area contributed by atoms with E-state index in [1.54, 1.807) is 36.4 Å². The van der Waals surface area contributed by atoms with Crippen LogP contribution in [0.15, 0.2) is 103 Å². The van der Waals surface area contributed by atoms with Crippen molar-refractivity contribution in [3.63, 3.8) is 0 Å². The minimum Gasteiger partial charge on any atom is -0.490 e. The second-order valence-electron chi connectivity index (χ2n) is 19.1. The second-order valence-corrected chi connectivity index (χ2v) is 19.1. The number of rotatable bonds is 36. The van der Waals surface area contributed by atoms with Crippen LogP contribution in [0.2, 0.25) is 0 Å². The number of hydrogen-bond acceptors (Lipinski definition) is 8. The molecule has 0 heterocycles. The summed E-state index contributed by atoms with van der Waals surface area (Å²) in [5, 5.41) is 0. The normalized spacial score (nSPS) is 11.1. The average molecular weight is 953 g/mol. The zero-order valence-corrected chi connectivity index (χ0v) is 43.0. The van der Waals surface area contributed by atoms with Gasteiger partial charge in [0.25, 0.3) is 0 Å². The maximum atomic E-state index is 14.2.